The zero-order valence-corrected chi connectivity index (χ0v) is 57.6. The third-order valence-corrected chi connectivity index (χ3v) is 16.6. The molecule has 16 nitrogen and oxygen atoms in total. The second-order valence-electron chi connectivity index (χ2n) is 24.6. The minimum atomic E-state index is -0.690. The van der Waals surface area contributed by atoms with Crippen LogP contribution in [0.2, 0.25) is 0 Å². The summed E-state index contributed by atoms with van der Waals surface area (Å²) in [7, 11) is 0. The number of benzene rings is 4. The summed E-state index contributed by atoms with van der Waals surface area (Å²) in [5, 5.41) is 28.1. The number of hydrogen-bond acceptors (Lipinski definition) is 15. The van der Waals surface area contributed by atoms with Crippen molar-refractivity contribution in [2.24, 2.45) is 0 Å². The molecule has 1 aliphatic carbocycles. The second kappa shape index (κ2) is 43.8. The first-order valence-electron chi connectivity index (χ1n) is 34.5. The molecule has 0 N–H and O–H groups in total. The van der Waals surface area contributed by atoms with Crippen LogP contribution < -0.4 is 18.9 Å². The van der Waals surface area contributed by atoms with Crippen molar-refractivity contribution in [3.63, 3.8) is 0 Å². The third-order valence-electron chi connectivity index (χ3n) is 16.6. The number of esters is 4. The topological polar surface area (TPSA) is 218 Å². The van der Waals surface area contributed by atoms with Gasteiger partial charge in [0.15, 0.2) is 0 Å². The van der Waals surface area contributed by atoms with Crippen LogP contribution in [0, 0.1) is 40.6 Å². The summed E-state index contributed by atoms with van der Waals surface area (Å²) in [6.07, 6.45) is 20.2. The molecule has 96 heavy (non-hydrogen) atoms. The Morgan fingerprint density at radius 3 is 0.781 bits per heavy atom. The van der Waals surface area contributed by atoms with Crippen molar-refractivity contribution in [3.05, 3.63) is 175 Å². The summed E-state index contributed by atoms with van der Waals surface area (Å²) < 4.78 is 50.7. The fourth-order valence-corrected chi connectivity index (χ4v) is 11.7. The maximum atomic E-state index is 13.1. The quantitative estimate of drug-likeness (QED) is 0.0116. The van der Waals surface area contributed by atoms with Gasteiger partial charge in [0.2, 0.25) is 6.54 Å². The Balaban J connectivity index is 1.94. The first kappa shape index (κ1) is 77.6. The molecule has 0 radical (unpaired) electrons. The van der Waals surface area contributed by atoms with Gasteiger partial charge in [-0.3, -0.25) is 0 Å². The fraction of sp³-hybridized carbons (Fsp3) is 0.500. The number of rotatable bonds is 44. The van der Waals surface area contributed by atoms with Gasteiger partial charge in [0.05, 0.1) is 37.5 Å². The molecule has 0 atom stereocenters. The molecule has 0 aromatic heterocycles. The Kier molecular flexibility index (Phi) is 35.4. The molecule has 5 rings (SSSR count). The molecule has 0 heterocycles. The van der Waals surface area contributed by atoms with Gasteiger partial charge >= 0.3 is 23.9 Å². The Labute approximate surface area is 571 Å². The highest BCUT2D eigenvalue weighted by atomic mass is 16.6. The first-order valence-corrected chi connectivity index (χ1v) is 34.5. The van der Waals surface area contributed by atoms with E-state index in [9.17, 15) is 35.0 Å². The predicted octanol–water partition coefficient (Wildman–Crippen LogP) is 16.4. The van der Waals surface area contributed by atoms with Crippen molar-refractivity contribution >= 4 is 23.9 Å². The lowest BCUT2D eigenvalue weighted by Crippen LogP contribution is -2.17. The van der Waals surface area contributed by atoms with Crippen molar-refractivity contribution < 1.29 is 57.1 Å². The molecule has 8 bridgehead atoms. The van der Waals surface area contributed by atoms with Gasteiger partial charge < -0.3 is 42.7 Å². The van der Waals surface area contributed by atoms with E-state index in [0.29, 0.717) is 48.7 Å². The molecule has 16 heteroatoms. The number of aryl methyl sites for hydroxylation is 4. The third kappa shape index (κ3) is 26.2. The van der Waals surface area contributed by atoms with E-state index in [0.717, 1.165) is 195 Å². The smallest absolute Gasteiger partial charge is 0.341 e. The Bertz CT molecular complexity index is 2930. The summed E-state index contributed by atoms with van der Waals surface area (Å²) in [5.41, 5.74) is 11.3. The average molecular weight is 1310 g/mol. The zero-order valence-electron chi connectivity index (χ0n) is 57.6. The van der Waals surface area contributed by atoms with Gasteiger partial charge in [-0.2, -0.15) is 15.8 Å². The van der Waals surface area contributed by atoms with Gasteiger partial charge in [-0.1, -0.05) is 180 Å². The van der Waals surface area contributed by atoms with Crippen molar-refractivity contribution in [2.75, 3.05) is 59.4 Å². The largest absolute Gasteiger partial charge is 0.489 e. The Morgan fingerprint density at radius 2 is 0.583 bits per heavy atom. The number of carbonyl (C=O) groups excluding carboxylic acids is 4. The lowest BCUT2D eigenvalue weighted by Gasteiger charge is -2.25. The number of carbonyl (C=O) groups is 4. The molecule has 0 spiro atoms. The lowest BCUT2D eigenvalue weighted by molar-refractivity contribution is -0.140. The number of fused-ring (bicyclic) bond motifs is 8. The van der Waals surface area contributed by atoms with Gasteiger partial charge in [0, 0.05) is 42.4 Å². The molecule has 0 saturated heterocycles. The highest BCUT2D eigenvalue weighted by Crippen LogP contribution is 2.42. The van der Waals surface area contributed by atoms with Crippen LogP contribution in [0.1, 0.15) is 216 Å². The Hall–Kier alpha value is -9.12. The van der Waals surface area contributed by atoms with Crippen LogP contribution in [-0.2, 0) is 89.5 Å². The van der Waals surface area contributed by atoms with Crippen molar-refractivity contribution in [3.8, 4) is 41.2 Å². The minimum Gasteiger partial charge on any atom is -0.489 e. The zero-order chi connectivity index (χ0) is 69.5. The van der Waals surface area contributed by atoms with Crippen LogP contribution in [0.15, 0.2) is 97.1 Å². The van der Waals surface area contributed by atoms with E-state index in [4.69, 9.17) is 44.5 Å². The van der Waals surface area contributed by atoms with Crippen LogP contribution >= 0.6 is 0 Å². The van der Waals surface area contributed by atoms with E-state index in [1.165, 1.54) is 0 Å². The van der Waals surface area contributed by atoms with E-state index < -0.39 is 23.9 Å². The summed E-state index contributed by atoms with van der Waals surface area (Å²) >= 11 is 0. The molecular weight excluding hydrogens is 1210 g/mol. The standard InChI is InChI=1S/C80H100N4O12/c1-10-14-18-22-26-61-44-65-52-67-46-62(27-23-19-15-11-2)48-69(74(67)90-37-41-94-78(86)58(6)31-34-82)54-71-50-64(29-25-21-17-13-4)51-72(76(71)92-39-43-96-80(88)60(8)56-84-9)55-70-49-63(28-24-20-16-12-3)47-68(75(70)91-38-42-95-79(87)59(7)32-35-83)53-66(45-61)73(65)89-36-40-93-77(85)57(5)30-33-81/h44-51H,5-8,10-32,36-43,52-56H2,1-4H3. The molecule has 0 aliphatic heterocycles. The van der Waals surface area contributed by atoms with Crippen LogP contribution in [-0.4, -0.2) is 83.3 Å². The first-order chi connectivity index (χ1) is 46.6. The maximum absolute atomic E-state index is 13.1. The van der Waals surface area contributed by atoms with Gasteiger partial charge in [-0.25, -0.2) is 25.8 Å². The molecule has 0 amide bonds. The molecule has 4 aromatic rings. The molecule has 0 unspecified atom stereocenters. The van der Waals surface area contributed by atoms with Crippen LogP contribution in [0.3, 0.4) is 0 Å². The van der Waals surface area contributed by atoms with Crippen molar-refractivity contribution in [1.29, 1.82) is 15.8 Å². The molecule has 0 saturated carbocycles. The van der Waals surface area contributed by atoms with Gasteiger partial charge in [-0.05, 0) is 118 Å². The number of hydrogen-bond donors (Lipinski definition) is 0. The van der Waals surface area contributed by atoms with E-state index in [2.05, 4.69) is 107 Å². The summed E-state index contributed by atoms with van der Waals surface area (Å²) in [4.78, 5) is 55.7. The molecule has 4 aromatic carbocycles. The second-order valence-corrected chi connectivity index (χ2v) is 24.6. The molecule has 512 valence electrons. The summed E-state index contributed by atoms with van der Waals surface area (Å²) in [6.45, 7) is 30.3. The Morgan fingerprint density at radius 1 is 0.365 bits per heavy atom. The van der Waals surface area contributed by atoms with E-state index in [1.54, 1.807) is 0 Å². The van der Waals surface area contributed by atoms with E-state index in [-0.39, 0.29) is 101 Å². The highest BCUT2D eigenvalue weighted by Gasteiger charge is 2.26. The minimum absolute atomic E-state index is 0.0355. The lowest BCUT2D eigenvalue weighted by atomic mass is 9.87. The molecular formula is C80H100N4O12. The maximum Gasteiger partial charge on any atom is 0.341 e. The summed E-state index contributed by atoms with van der Waals surface area (Å²) in [6, 6.07) is 23.6. The van der Waals surface area contributed by atoms with Crippen molar-refractivity contribution in [2.45, 2.75) is 201 Å². The highest BCUT2D eigenvalue weighted by molar-refractivity contribution is 5.89. The van der Waals surface area contributed by atoms with Crippen molar-refractivity contribution in [1.82, 2.24) is 0 Å². The summed E-state index contributed by atoms with van der Waals surface area (Å²) in [5.74, 6) is -0.435. The van der Waals surface area contributed by atoms with Crippen LogP contribution in [0.5, 0.6) is 23.0 Å². The van der Waals surface area contributed by atoms with E-state index in [1.807, 2.05) is 18.2 Å². The van der Waals surface area contributed by atoms with Gasteiger partial charge in [0.1, 0.15) is 81.4 Å². The van der Waals surface area contributed by atoms with Crippen LogP contribution in [0.25, 0.3) is 4.85 Å². The number of unbranched alkanes of at least 4 members (excludes halogenated alkanes) is 12. The number of nitriles is 3. The van der Waals surface area contributed by atoms with E-state index >= 15 is 0 Å². The number of ether oxygens (including phenoxy) is 8. The number of nitrogens with zero attached hydrogens (tertiary/aromatic N) is 4. The molecule has 1 aliphatic rings. The average Bonchev–Trinajstić information content (AvgIpc) is 0.780. The monoisotopic (exact) mass is 1310 g/mol. The predicted molar refractivity (Wildman–Crippen MR) is 373 cm³/mol. The van der Waals surface area contributed by atoms with Crippen LogP contribution in [0.4, 0.5) is 0 Å². The van der Waals surface area contributed by atoms with Gasteiger partial charge in [0.25, 0.3) is 0 Å². The SMILES string of the molecule is [C-]#[N+]CC(=C)C(=O)OCCOc1c2cc(CCCCCC)cc1Cc1cc(CCCCCC)cc(c1OCCOC(=O)C(=C)CC#N)Cc1cc(CCCCCC)cc(c1OCCOC(=O)C(=C)CC#N)Cc1cc(CCCCCC)cc(c1OCCOC(=O)C(=C)CC#N)C2. The normalized spacial score (nSPS) is 11.3. The van der Waals surface area contributed by atoms with Gasteiger partial charge in [-0.15, -0.1) is 0 Å². The fourth-order valence-electron chi connectivity index (χ4n) is 11.7. The molecule has 0 fully saturated rings.